The van der Waals surface area contributed by atoms with Gasteiger partial charge in [-0.05, 0) is 24.1 Å². The Morgan fingerprint density at radius 3 is 2.60 bits per heavy atom. The second kappa shape index (κ2) is 5.66. The maximum atomic E-state index is 13.4. The summed E-state index contributed by atoms with van der Waals surface area (Å²) in [5, 5.41) is 9.12. The van der Waals surface area contributed by atoms with E-state index in [1.54, 1.807) is 6.07 Å². The quantitative estimate of drug-likeness (QED) is 0.922. The van der Waals surface area contributed by atoms with Crippen LogP contribution in [-0.2, 0) is 0 Å². The zero-order chi connectivity index (χ0) is 14.9. The zero-order valence-corrected chi connectivity index (χ0v) is 12.5. The van der Waals surface area contributed by atoms with E-state index < -0.39 is 11.8 Å². The minimum atomic E-state index is -1.07. The molecule has 0 amide bonds. The minimum absolute atomic E-state index is 0.0687. The molecule has 1 aromatic heterocycles. The number of aromatic carboxylic acids is 1. The predicted octanol–water partition coefficient (Wildman–Crippen LogP) is 3.87. The van der Waals surface area contributed by atoms with Crippen LogP contribution in [0.15, 0.2) is 28.9 Å². The molecule has 0 saturated carbocycles. The van der Waals surface area contributed by atoms with Crippen molar-refractivity contribution in [2.24, 2.45) is 0 Å². The van der Waals surface area contributed by atoms with Gasteiger partial charge in [-0.2, -0.15) is 0 Å². The van der Waals surface area contributed by atoms with E-state index in [0.29, 0.717) is 21.6 Å². The number of rotatable bonds is 3. The van der Waals surface area contributed by atoms with Gasteiger partial charge in [0, 0.05) is 16.2 Å². The van der Waals surface area contributed by atoms with Crippen molar-refractivity contribution >= 4 is 21.9 Å². The molecule has 0 fully saturated rings. The molecule has 0 aliphatic heterocycles. The molecule has 1 N–H and O–H groups in total. The Hall–Kier alpha value is -1.82. The first kappa shape index (κ1) is 14.6. The van der Waals surface area contributed by atoms with Gasteiger partial charge in [-0.1, -0.05) is 29.8 Å². The van der Waals surface area contributed by atoms with Crippen molar-refractivity contribution in [2.75, 3.05) is 0 Å². The lowest BCUT2D eigenvalue weighted by atomic mass is 10.0. The molecule has 1 heterocycles. The monoisotopic (exact) mass is 338 g/mol. The Morgan fingerprint density at radius 2 is 2.05 bits per heavy atom. The van der Waals surface area contributed by atoms with E-state index in [2.05, 4.69) is 25.9 Å². The molecule has 0 aliphatic rings. The third kappa shape index (κ3) is 3.01. The van der Waals surface area contributed by atoms with Gasteiger partial charge in [0.05, 0.1) is 11.3 Å². The lowest BCUT2D eigenvalue weighted by Crippen LogP contribution is -2.08. The van der Waals surface area contributed by atoms with Crippen LogP contribution in [0.1, 0.15) is 35.8 Å². The van der Waals surface area contributed by atoms with Crippen molar-refractivity contribution in [3.8, 4) is 11.4 Å². The normalized spacial score (nSPS) is 10.8. The Bertz CT molecular complexity index is 654. The van der Waals surface area contributed by atoms with E-state index in [0.717, 1.165) is 0 Å². The molecule has 104 valence electrons. The highest BCUT2D eigenvalue weighted by atomic mass is 79.9. The summed E-state index contributed by atoms with van der Waals surface area (Å²) in [5.74, 6) is -1.24. The predicted molar refractivity (Wildman–Crippen MR) is 76.2 cm³/mol. The van der Waals surface area contributed by atoms with Crippen molar-refractivity contribution in [3.05, 3.63) is 45.9 Å². The summed E-state index contributed by atoms with van der Waals surface area (Å²) < 4.78 is 14.0. The van der Waals surface area contributed by atoms with Gasteiger partial charge >= 0.3 is 5.97 Å². The number of nitrogens with zero attached hydrogens (tertiary/aromatic N) is 2. The van der Waals surface area contributed by atoms with Crippen LogP contribution in [0.25, 0.3) is 11.4 Å². The smallest absolute Gasteiger partial charge is 0.339 e. The third-order valence-electron chi connectivity index (χ3n) is 2.72. The van der Waals surface area contributed by atoms with Crippen LogP contribution in [0, 0.1) is 5.82 Å². The lowest BCUT2D eigenvalue weighted by Gasteiger charge is -2.10. The Labute approximate surface area is 123 Å². The number of hydrogen-bond acceptors (Lipinski definition) is 3. The summed E-state index contributed by atoms with van der Waals surface area (Å²) in [6.07, 6.45) is 1.26. The summed E-state index contributed by atoms with van der Waals surface area (Å²) in [5.41, 5.74) is 0.998. The first-order valence-electron chi connectivity index (χ1n) is 5.95. The molecule has 0 spiro atoms. The van der Waals surface area contributed by atoms with Gasteiger partial charge in [0.1, 0.15) is 5.82 Å². The average molecular weight is 339 g/mol. The van der Waals surface area contributed by atoms with Crippen LogP contribution in [0.2, 0.25) is 0 Å². The summed E-state index contributed by atoms with van der Waals surface area (Å²) in [6, 6.07) is 4.33. The molecule has 0 unspecified atom stereocenters. The van der Waals surface area contributed by atoms with E-state index in [9.17, 15) is 9.18 Å². The minimum Gasteiger partial charge on any atom is -0.478 e. The molecule has 0 bridgehead atoms. The fraction of sp³-hybridized carbons (Fsp3) is 0.214. The Balaban J connectivity index is 2.58. The second-order valence-corrected chi connectivity index (χ2v) is 5.53. The van der Waals surface area contributed by atoms with E-state index >= 15 is 0 Å². The number of aromatic nitrogens is 2. The van der Waals surface area contributed by atoms with Gasteiger partial charge in [0.25, 0.3) is 0 Å². The van der Waals surface area contributed by atoms with Crippen LogP contribution in [0.3, 0.4) is 0 Å². The van der Waals surface area contributed by atoms with Crippen LogP contribution < -0.4 is 0 Å². The fourth-order valence-corrected chi connectivity index (χ4v) is 2.29. The second-order valence-electron chi connectivity index (χ2n) is 4.61. The summed E-state index contributed by atoms with van der Waals surface area (Å²) >= 11 is 3.21. The fourth-order valence-electron chi connectivity index (χ4n) is 1.82. The molecule has 20 heavy (non-hydrogen) atoms. The lowest BCUT2D eigenvalue weighted by molar-refractivity contribution is 0.0694. The van der Waals surface area contributed by atoms with Crippen molar-refractivity contribution < 1.29 is 14.3 Å². The highest BCUT2D eigenvalue weighted by Gasteiger charge is 2.17. The number of halogens is 2. The maximum Gasteiger partial charge on any atom is 0.339 e. The van der Waals surface area contributed by atoms with Gasteiger partial charge in [0.2, 0.25) is 0 Å². The van der Waals surface area contributed by atoms with E-state index in [-0.39, 0.29) is 11.5 Å². The van der Waals surface area contributed by atoms with Crippen LogP contribution in [0.4, 0.5) is 4.39 Å². The summed E-state index contributed by atoms with van der Waals surface area (Å²) in [4.78, 5) is 19.4. The SMILES string of the molecule is CC(C)c1nc(-c2cc(F)cc(Br)c2)ncc1C(=O)O. The first-order valence-corrected chi connectivity index (χ1v) is 6.74. The number of carboxylic acid groups (broad SMARTS) is 1. The largest absolute Gasteiger partial charge is 0.478 e. The van der Waals surface area contributed by atoms with E-state index in [4.69, 9.17) is 5.11 Å². The topological polar surface area (TPSA) is 63.1 Å². The molecule has 0 saturated heterocycles. The van der Waals surface area contributed by atoms with Crippen LogP contribution in [-0.4, -0.2) is 21.0 Å². The molecule has 1 aromatic carbocycles. The molecular weight excluding hydrogens is 327 g/mol. The Morgan fingerprint density at radius 1 is 1.35 bits per heavy atom. The van der Waals surface area contributed by atoms with Gasteiger partial charge < -0.3 is 5.11 Å². The van der Waals surface area contributed by atoms with Gasteiger partial charge in [0.15, 0.2) is 5.82 Å². The van der Waals surface area contributed by atoms with E-state index in [1.807, 2.05) is 13.8 Å². The standard InChI is InChI=1S/C14H12BrFN2O2/c1-7(2)12-11(14(19)20)6-17-13(18-12)8-3-9(15)5-10(16)4-8/h3-7H,1-2H3,(H,19,20). The van der Waals surface area contributed by atoms with Gasteiger partial charge in [-0.25, -0.2) is 19.2 Å². The summed E-state index contributed by atoms with van der Waals surface area (Å²) in [6.45, 7) is 3.69. The highest BCUT2D eigenvalue weighted by molar-refractivity contribution is 9.10. The first-order chi connectivity index (χ1) is 9.38. The summed E-state index contributed by atoms with van der Waals surface area (Å²) in [7, 11) is 0. The molecule has 2 rings (SSSR count). The molecule has 2 aromatic rings. The third-order valence-corrected chi connectivity index (χ3v) is 3.17. The van der Waals surface area contributed by atoms with E-state index in [1.165, 1.54) is 18.3 Å². The molecule has 4 nitrogen and oxygen atoms in total. The van der Waals surface area contributed by atoms with Crippen molar-refractivity contribution in [1.82, 2.24) is 9.97 Å². The highest BCUT2D eigenvalue weighted by Crippen LogP contribution is 2.24. The van der Waals surface area contributed by atoms with Crippen molar-refractivity contribution in [3.63, 3.8) is 0 Å². The zero-order valence-electron chi connectivity index (χ0n) is 10.9. The average Bonchev–Trinajstić information content (AvgIpc) is 2.36. The molecule has 0 aliphatic carbocycles. The molecule has 0 atom stereocenters. The molecular formula is C14H12BrFN2O2. The van der Waals surface area contributed by atoms with Crippen molar-refractivity contribution in [2.45, 2.75) is 19.8 Å². The van der Waals surface area contributed by atoms with Gasteiger partial charge in [-0.15, -0.1) is 0 Å². The number of carboxylic acids is 1. The van der Waals surface area contributed by atoms with Crippen LogP contribution in [0.5, 0.6) is 0 Å². The number of hydrogen-bond donors (Lipinski definition) is 1. The van der Waals surface area contributed by atoms with Crippen LogP contribution >= 0.6 is 15.9 Å². The molecule has 0 radical (unpaired) electrons. The van der Waals surface area contributed by atoms with Crippen molar-refractivity contribution in [1.29, 1.82) is 0 Å². The van der Waals surface area contributed by atoms with Gasteiger partial charge in [-0.3, -0.25) is 0 Å². The maximum absolute atomic E-state index is 13.4. The number of carbonyl (C=O) groups is 1. The Kier molecular flexibility index (Phi) is 4.13. The molecule has 6 heteroatoms. The number of benzene rings is 1.